The standard InChI is InChI=1S/C13H18FNO/c1-10(15-9-13(14)5-6-13)7-11-3-2-4-12(16)8-11/h2-4,8,10,15-16H,5-7,9H2,1H3. The molecular formula is C13H18FNO. The molecule has 1 aliphatic carbocycles. The minimum Gasteiger partial charge on any atom is -0.508 e. The lowest BCUT2D eigenvalue weighted by atomic mass is 10.1. The third kappa shape index (κ3) is 3.20. The third-order valence-corrected chi connectivity index (χ3v) is 3.01. The summed E-state index contributed by atoms with van der Waals surface area (Å²) in [4.78, 5) is 0. The molecule has 0 saturated heterocycles. The van der Waals surface area contributed by atoms with Gasteiger partial charge in [0.15, 0.2) is 0 Å². The Labute approximate surface area is 95.5 Å². The fourth-order valence-electron chi connectivity index (χ4n) is 1.78. The molecule has 16 heavy (non-hydrogen) atoms. The zero-order valence-electron chi connectivity index (χ0n) is 9.54. The van der Waals surface area contributed by atoms with Gasteiger partial charge in [-0.2, -0.15) is 0 Å². The Balaban J connectivity index is 1.80. The molecule has 1 aromatic rings. The highest BCUT2D eigenvalue weighted by atomic mass is 19.1. The molecule has 88 valence electrons. The Morgan fingerprint density at radius 1 is 1.50 bits per heavy atom. The highest BCUT2D eigenvalue weighted by Crippen LogP contribution is 2.38. The molecule has 0 bridgehead atoms. The zero-order chi connectivity index (χ0) is 11.6. The van der Waals surface area contributed by atoms with Crippen LogP contribution in [0.2, 0.25) is 0 Å². The van der Waals surface area contributed by atoms with Gasteiger partial charge in [0.1, 0.15) is 11.4 Å². The van der Waals surface area contributed by atoms with Crippen molar-refractivity contribution in [2.45, 2.75) is 37.9 Å². The smallest absolute Gasteiger partial charge is 0.123 e. The molecule has 0 aliphatic heterocycles. The van der Waals surface area contributed by atoms with Gasteiger partial charge in [-0.25, -0.2) is 4.39 Å². The molecule has 1 fully saturated rings. The molecule has 1 aromatic carbocycles. The van der Waals surface area contributed by atoms with Gasteiger partial charge in [-0.1, -0.05) is 12.1 Å². The lowest BCUT2D eigenvalue weighted by molar-refractivity contribution is 0.285. The normalized spacial score (nSPS) is 19.4. The van der Waals surface area contributed by atoms with Crippen LogP contribution in [0.5, 0.6) is 5.75 Å². The summed E-state index contributed by atoms with van der Waals surface area (Å²) in [6, 6.07) is 7.44. The van der Waals surface area contributed by atoms with Gasteiger partial charge in [0, 0.05) is 12.6 Å². The molecule has 1 saturated carbocycles. The largest absolute Gasteiger partial charge is 0.508 e. The summed E-state index contributed by atoms with van der Waals surface area (Å²) in [5.74, 6) is 0.286. The van der Waals surface area contributed by atoms with Crippen molar-refractivity contribution in [3.05, 3.63) is 29.8 Å². The predicted molar refractivity (Wildman–Crippen MR) is 62.3 cm³/mol. The van der Waals surface area contributed by atoms with Crippen LogP contribution in [-0.4, -0.2) is 23.4 Å². The molecule has 0 aromatic heterocycles. The van der Waals surface area contributed by atoms with Crippen molar-refractivity contribution >= 4 is 0 Å². The second-order valence-electron chi connectivity index (χ2n) is 4.81. The number of hydrogen-bond acceptors (Lipinski definition) is 2. The number of nitrogens with one attached hydrogen (secondary N) is 1. The molecule has 2 N–H and O–H groups in total. The van der Waals surface area contributed by atoms with E-state index in [1.54, 1.807) is 12.1 Å². The number of alkyl halides is 1. The van der Waals surface area contributed by atoms with Crippen LogP contribution in [0.1, 0.15) is 25.3 Å². The van der Waals surface area contributed by atoms with Crippen molar-refractivity contribution in [1.29, 1.82) is 0 Å². The third-order valence-electron chi connectivity index (χ3n) is 3.01. The van der Waals surface area contributed by atoms with E-state index in [-0.39, 0.29) is 11.8 Å². The Morgan fingerprint density at radius 2 is 2.25 bits per heavy atom. The number of phenols is 1. The molecule has 0 amide bonds. The minimum atomic E-state index is -0.937. The molecular weight excluding hydrogens is 205 g/mol. The van der Waals surface area contributed by atoms with E-state index in [4.69, 9.17) is 0 Å². The lowest BCUT2D eigenvalue weighted by Gasteiger charge is -2.15. The molecule has 0 radical (unpaired) electrons. The van der Waals surface area contributed by atoms with Crippen molar-refractivity contribution in [2.24, 2.45) is 0 Å². The minimum absolute atomic E-state index is 0.232. The Hall–Kier alpha value is -1.09. The predicted octanol–water partition coefficient (Wildman–Crippen LogP) is 2.41. The highest BCUT2D eigenvalue weighted by Gasteiger charge is 2.42. The van der Waals surface area contributed by atoms with E-state index in [0.717, 1.165) is 12.0 Å². The van der Waals surface area contributed by atoms with Crippen LogP contribution in [-0.2, 0) is 6.42 Å². The first kappa shape index (κ1) is 11.4. The van der Waals surface area contributed by atoms with E-state index in [9.17, 15) is 9.50 Å². The summed E-state index contributed by atoms with van der Waals surface area (Å²) in [5, 5.41) is 12.5. The first-order chi connectivity index (χ1) is 7.57. The fraction of sp³-hybridized carbons (Fsp3) is 0.538. The van der Waals surface area contributed by atoms with Crippen LogP contribution in [0.4, 0.5) is 4.39 Å². The van der Waals surface area contributed by atoms with Gasteiger partial charge >= 0.3 is 0 Å². The maximum atomic E-state index is 13.4. The molecule has 1 aliphatic rings. The van der Waals surface area contributed by atoms with Gasteiger partial charge < -0.3 is 10.4 Å². The number of halogens is 1. The average molecular weight is 223 g/mol. The van der Waals surface area contributed by atoms with Gasteiger partial charge in [0.2, 0.25) is 0 Å². The van der Waals surface area contributed by atoms with Crippen molar-refractivity contribution < 1.29 is 9.50 Å². The SMILES string of the molecule is CC(Cc1cccc(O)c1)NCC1(F)CC1. The molecule has 1 unspecified atom stereocenters. The number of aromatic hydroxyl groups is 1. The van der Waals surface area contributed by atoms with E-state index in [2.05, 4.69) is 5.32 Å². The summed E-state index contributed by atoms with van der Waals surface area (Å²) in [5.41, 5.74) is 0.135. The quantitative estimate of drug-likeness (QED) is 0.803. The summed E-state index contributed by atoms with van der Waals surface area (Å²) in [6.45, 7) is 2.49. The topological polar surface area (TPSA) is 32.3 Å². The Kier molecular flexibility index (Phi) is 3.15. The van der Waals surface area contributed by atoms with Gasteiger partial charge in [0.25, 0.3) is 0 Å². The second-order valence-corrected chi connectivity index (χ2v) is 4.81. The number of benzene rings is 1. The molecule has 1 atom stereocenters. The highest BCUT2D eigenvalue weighted by molar-refractivity contribution is 5.27. The molecule has 2 rings (SSSR count). The molecule has 0 heterocycles. The maximum Gasteiger partial charge on any atom is 0.123 e. The van der Waals surface area contributed by atoms with Crippen LogP contribution in [0, 0.1) is 0 Å². The first-order valence-electron chi connectivity index (χ1n) is 5.78. The van der Waals surface area contributed by atoms with Crippen LogP contribution in [0.3, 0.4) is 0 Å². The van der Waals surface area contributed by atoms with Crippen molar-refractivity contribution in [3.63, 3.8) is 0 Å². The van der Waals surface area contributed by atoms with Crippen molar-refractivity contribution in [2.75, 3.05) is 6.54 Å². The summed E-state index contributed by atoms with van der Waals surface area (Å²) in [7, 11) is 0. The fourth-order valence-corrected chi connectivity index (χ4v) is 1.78. The van der Waals surface area contributed by atoms with E-state index in [1.165, 1.54) is 0 Å². The van der Waals surface area contributed by atoms with E-state index in [1.807, 2.05) is 19.1 Å². The van der Waals surface area contributed by atoms with Gasteiger partial charge in [-0.3, -0.25) is 0 Å². The summed E-state index contributed by atoms with van der Waals surface area (Å²) >= 11 is 0. The monoisotopic (exact) mass is 223 g/mol. The summed E-state index contributed by atoms with van der Waals surface area (Å²) < 4.78 is 13.4. The molecule has 3 heteroatoms. The van der Waals surface area contributed by atoms with Crippen molar-refractivity contribution in [1.82, 2.24) is 5.32 Å². The number of rotatable bonds is 5. The van der Waals surface area contributed by atoms with Gasteiger partial charge in [-0.15, -0.1) is 0 Å². The first-order valence-corrected chi connectivity index (χ1v) is 5.78. The van der Waals surface area contributed by atoms with Crippen molar-refractivity contribution in [3.8, 4) is 5.75 Å². The van der Waals surface area contributed by atoms with Gasteiger partial charge in [0.05, 0.1) is 0 Å². The van der Waals surface area contributed by atoms with E-state index in [0.29, 0.717) is 19.4 Å². The van der Waals surface area contributed by atoms with Crippen LogP contribution < -0.4 is 5.32 Å². The Bertz CT molecular complexity index is 363. The summed E-state index contributed by atoms with van der Waals surface area (Å²) in [6.07, 6.45) is 2.20. The zero-order valence-corrected chi connectivity index (χ0v) is 9.54. The maximum absolute atomic E-state index is 13.4. The average Bonchev–Trinajstić information content (AvgIpc) is 2.95. The number of hydrogen-bond donors (Lipinski definition) is 2. The van der Waals surface area contributed by atoms with E-state index < -0.39 is 5.67 Å². The second kappa shape index (κ2) is 4.42. The van der Waals surface area contributed by atoms with Crippen LogP contribution in [0.15, 0.2) is 24.3 Å². The van der Waals surface area contributed by atoms with Gasteiger partial charge in [-0.05, 0) is 43.9 Å². The Morgan fingerprint density at radius 3 is 2.88 bits per heavy atom. The van der Waals surface area contributed by atoms with E-state index >= 15 is 0 Å². The van der Waals surface area contributed by atoms with Crippen LogP contribution in [0.25, 0.3) is 0 Å². The molecule has 2 nitrogen and oxygen atoms in total. The lowest BCUT2D eigenvalue weighted by Crippen LogP contribution is -2.34. The molecule has 0 spiro atoms. The van der Waals surface area contributed by atoms with Crippen LogP contribution >= 0.6 is 0 Å². The number of phenolic OH excluding ortho intramolecular Hbond substituents is 1.